The number of hydrogen-bond donors (Lipinski definition) is 1. The molecule has 0 saturated carbocycles. The van der Waals surface area contributed by atoms with Crippen LogP contribution in [0.4, 0.5) is 4.39 Å². The van der Waals surface area contributed by atoms with E-state index in [0.29, 0.717) is 6.04 Å². The number of pyridine rings is 1. The van der Waals surface area contributed by atoms with E-state index in [1.54, 1.807) is 6.20 Å². The molecule has 1 N–H and O–H groups in total. The molecule has 1 heterocycles. The van der Waals surface area contributed by atoms with Crippen molar-refractivity contribution in [1.29, 1.82) is 0 Å². The topological polar surface area (TPSA) is 24.9 Å². The predicted molar refractivity (Wildman–Crippen MR) is 57.9 cm³/mol. The van der Waals surface area contributed by atoms with Gasteiger partial charge in [0.05, 0.1) is 6.20 Å². The average Bonchev–Trinajstić information content (AvgIpc) is 2.70. The normalized spacial score (nSPS) is 18.3. The lowest BCUT2D eigenvalue weighted by molar-refractivity contribution is 0.468. The first-order chi connectivity index (χ1) is 7.25. The summed E-state index contributed by atoms with van der Waals surface area (Å²) in [5, 5.41) is 3.45. The predicted octanol–water partition coefficient (Wildman–Crippen LogP) is 2.59. The van der Waals surface area contributed by atoms with Gasteiger partial charge in [0, 0.05) is 18.3 Å². The first-order valence-electron chi connectivity index (χ1n) is 5.27. The Labute approximate surface area is 89.2 Å². The largest absolute Gasteiger partial charge is 0.307 e. The quantitative estimate of drug-likeness (QED) is 0.769. The molecule has 0 spiro atoms. The van der Waals surface area contributed by atoms with Crippen molar-refractivity contribution in [1.82, 2.24) is 10.3 Å². The average molecular weight is 206 g/mol. The van der Waals surface area contributed by atoms with Crippen molar-refractivity contribution < 1.29 is 4.39 Å². The maximum absolute atomic E-state index is 12.9. The summed E-state index contributed by atoms with van der Waals surface area (Å²) in [6, 6.07) is 2.17. The molecule has 0 aliphatic heterocycles. The summed E-state index contributed by atoms with van der Waals surface area (Å²) in [5.74, 6) is -0.273. The van der Waals surface area contributed by atoms with Gasteiger partial charge in [0.1, 0.15) is 5.82 Å². The highest BCUT2D eigenvalue weighted by atomic mass is 19.1. The number of aromatic nitrogens is 1. The third-order valence-corrected chi connectivity index (χ3v) is 2.72. The van der Waals surface area contributed by atoms with E-state index in [2.05, 4.69) is 22.5 Å². The first kappa shape index (κ1) is 10.3. The van der Waals surface area contributed by atoms with Crippen molar-refractivity contribution in [3.8, 4) is 0 Å². The molecule has 0 amide bonds. The zero-order valence-corrected chi connectivity index (χ0v) is 8.78. The van der Waals surface area contributed by atoms with Crippen molar-refractivity contribution in [2.24, 2.45) is 0 Å². The second-order valence-electron chi connectivity index (χ2n) is 3.96. The van der Waals surface area contributed by atoms with E-state index < -0.39 is 0 Å². The van der Waals surface area contributed by atoms with Crippen LogP contribution in [0, 0.1) is 5.82 Å². The number of hydrogen-bond acceptors (Lipinski definition) is 2. The van der Waals surface area contributed by atoms with Crippen LogP contribution in [0.25, 0.3) is 0 Å². The van der Waals surface area contributed by atoms with Crippen LogP contribution in [0.2, 0.25) is 0 Å². The van der Waals surface area contributed by atoms with Crippen LogP contribution in [-0.4, -0.2) is 11.0 Å². The van der Waals surface area contributed by atoms with E-state index in [9.17, 15) is 4.39 Å². The minimum atomic E-state index is -0.273. The summed E-state index contributed by atoms with van der Waals surface area (Å²) in [4.78, 5) is 3.85. The Morgan fingerprint density at radius 3 is 2.80 bits per heavy atom. The van der Waals surface area contributed by atoms with Gasteiger partial charge in [-0.15, -0.1) is 0 Å². The molecule has 1 aromatic rings. The van der Waals surface area contributed by atoms with Crippen LogP contribution in [0.1, 0.15) is 31.4 Å². The second-order valence-corrected chi connectivity index (χ2v) is 3.96. The monoisotopic (exact) mass is 206 g/mol. The molecule has 0 aromatic carbocycles. The van der Waals surface area contributed by atoms with E-state index in [-0.39, 0.29) is 11.9 Å². The van der Waals surface area contributed by atoms with Crippen molar-refractivity contribution in [2.45, 2.75) is 31.8 Å². The smallest absolute Gasteiger partial charge is 0.141 e. The van der Waals surface area contributed by atoms with Gasteiger partial charge in [-0.1, -0.05) is 12.2 Å². The molecule has 1 aliphatic carbocycles. The van der Waals surface area contributed by atoms with Crippen LogP contribution in [0.5, 0.6) is 0 Å². The van der Waals surface area contributed by atoms with Gasteiger partial charge in [-0.25, -0.2) is 4.39 Å². The van der Waals surface area contributed by atoms with E-state index in [0.717, 1.165) is 18.4 Å². The SMILES string of the molecule is CC(NC1CC=CC1)c1cncc(F)c1. The Morgan fingerprint density at radius 2 is 2.13 bits per heavy atom. The third kappa shape index (κ3) is 2.63. The minimum Gasteiger partial charge on any atom is -0.307 e. The summed E-state index contributed by atoms with van der Waals surface area (Å²) in [6.45, 7) is 2.04. The molecule has 1 unspecified atom stereocenters. The molecule has 15 heavy (non-hydrogen) atoms. The fourth-order valence-electron chi connectivity index (χ4n) is 1.87. The van der Waals surface area contributed by atoms with Crippen molar-refractivity contribution >= 4 is 0 Å². The fraction of sp³-hybridized carbons (Fsp3) is 0.417. The van der Waals surface area contributed by atoms with Crippen molar-refractivity contribution in [3.63, 3.8) is 0 Å². The van der Waals surface area contributed by atoms with Crippen LogP contribution < -0.4 is 5.32 Å². The molecule has 0 bridgehead atoms. The van der Waals surface area contributed by atoms with Gasteiger partial charge in [0.2, 0.25) is 0 Å². The van der Waals surface area contributed by atoms with Crippen LogP contribution in [0.3, 0.4) is 0 Å². The van der Waals surface area contributed by atoms with Gasteiger partial charge in [0.25, 0.3) is 0 Å². The van der Waals surface area contributed by atoms with E-state index in [4.69, 9.17) is 0 Å². The highest BCUT2D eigenvalue weighted by molar-refractivity contribution is 5.15. The molecule has 0 fully saturated rings. The van der Waals surface area contributed by atoms with Crippen LogP contribution >= 0.6 is 0 Å². The molecule has 2 nitrogen and oxygen atoms in total. The molecule has 80 valence electrons. The van der Waals surface area contributed by atoms with Gasteiger partial charge in [-0.05, 0) is 31.4 Å². The molecule has 2 rings (SSSR count). The Kier molecular flexibility index (Phi) is 3.11. The molecule has 0 saturated heterocycles. The highest BCUT2D eigenvalue weighted by Crippen LogP contribution is 2.17. The van der Waals surface area contributed by atoms with Gasteiger partial charge >= 0.3 is 0 Å². The van der Waals surface area contributed by atoms with Gasteiger partial charge < -0.3 is 5.32 Å². The van der Waals surface area contributed by atoms with Gasteiger partial charge in [-0.3, -0.25) is 4.98 Å². The molecule has 0 radical (unpaired) electrons. The van der Waals surface area contributed by atoms with Crippen LogP contribution in [-0.2, 0) is 0 Å². The van der Waals surface area contributed by atoms with E-state index in [1.165, 1.54) is 12.3 Å². The molecule has 1 aliphatic rings. The van der Waals surface area contributed by atoms with Gasteiger partial charge in [0.15, 0.2) is 0 Å². The lowest BCUT2D eigenvalue weighted by Crippen LogP contribution is -2.29. The summed E-state index contributed by atoms with van der Waals surface area (Å²) in [7, 11) is 0. The van der Waals surface area contributed by atoms with Gasteiger partial charge in [-0.2, -0.15) is 0 Å². The fourth-order valence-corrected chi connectivity index (χ4v) is 1.87. The van der Waals surface area contributed by atoms with E-state index >= 15 is 0 Å². The van der Waals surface area contributed by atoms with E-state index in [1.807, 2.05) is 6.92 Å². The first-order valence-corrected chi connectivity index (χ1v) is 5.27. The van der Waals surface area contributed by atoms with Crippen molar-refractivity contribution in [2.75, 3.05) is 0 Å². The summed E-state index contributed by atoms with van der Waals surface area (Å²) < 4.78 is 12.9. The van der Waals surface area contributed by atoms with Crippen molar-refractivity contribution in [3.05, 3.63) is 42.0 Å². The maximum atomic E-state index is 12.9. The highest BCUT2D eigenvalue weighted by Gasteiger charge is 2.14. The standard InChI is InChI=1S/C12H15FN2/c1-9(15-12-4-2-3-5-12)10-6-11(13)8-14-7-10/h2-3,6-9,12,15H,4-5H2,1H3. The molecule has 1 aromatic heterocycles. The Hall–Kier alpha value is -1.22. The summed E-state index contributed by atoms with van der Waals surface area (Å²) in [6.07, 6.45) is 9.42. The molecule has 1 atom stereocenters. The number of rotatable bonds is 3. The lowest BCUT2D eigenvalue weighted by Gasteiger charge is -2.19. The second kappa shape index (κ2) is 4.53. The third-order valence-electron chi connectivity index (χ3n) is 2.72. The number of nitrogens with one attached hydrogen (secondary N) is 1. The maximum Gasteiger partial charge on any atom is 0.141 e. The Morgan fingerprint density at radius 1 is 1.40 bits per heavy atom. The lowest BCUT2D eigenvalue weighted by atomic mass is 10.1. The minimum absolute atomic E-state index is 0.151. The Balaban J connectivity index is 1.98. The van der Waals surface area contributed by atoms with Crippen LogP contribution in [0.15, 0.2) is 30.6 Å². The zero-order valence-electron chi connectivity index (χ0n) is 8.78. The molecule has 3 heteroatoms. The number of nitrogens with zero attached hydrogens (tertiary/aromatic N) is 1. The zero-order chi connectivity index (χ0) is 10.7. The Bertz CT molecular complexity index is 354. The molecular formula is C12H15FN2. The summed E-state index contributed by atoms with van der Waals surface area (Å²) in [5.41, 5.74) is 0.905. The summed E-state index contributed by atoms with van der Waals surface area (Å²) >= 11 is 0. The number of halogens is 1. The molecular weight excluding hydrogens is 191 g/mol.